The number of unbranched alkanes of at least 4 members (excludes halogenated alkanes) is 3. The smallest absolute Gasteiger partial charge is 0.224 e. The van der Waals surface area contributed by atoms with Crippen LogP contribution in [0, 0.1) is 0 Å². The van der Waals surface area contributed by atoms with Crippen molar-refractivity contribution in [2.24, 2.45) is 0 Å². The molecule has 0 aliphatic carbocycles. The molecular formula is C16H20ClN3. The van der Waals surface area contributed by atoms with E-state index in [0.717, 1.165) is 24.2 Å². The molecule has 0 fully saturated rings. The van der Waals surface area contributed by atoms with E-state index in [1.54, 1.807) is 6.07 Å². The van der Waals surface area contributed by atoms with Gasteiger partial charge in [-0.2, -0.15) is 0 Å². The van der Waals surface area contributed by atoms with Gasteiger partial charge in [-0.15, -0.1) is 0 Å². The molecule has 1 N–H and O–H groups in total. The van der Waals surface area contributed by atoms with Crippen LogP contribution in [0.4, 0.5) is 5.95 Å². The quantitative estimate of drug-likeness (QED) is 0.588. The molecule has 0 aliphatic rings. The van der Waals surface area contributed by atoms with Gasteiger partial charge in [-0.25, -0.2) is 9.97 Å². The van der Waals surface area contributed by atoms with Gasteiger partial charge in [-0.05, 0) is 6.42 Å². The SMILES string of the molecule is CCCCCCNc1nc(Cl)cc(-c2ccccc2)n1. The van der Waals surface area contributed by atoms with Crippen LogP contribution in [0.1, 0.15) is 32.6 Å². The highest BCUT2D eigenvalue weighted by molar-refractivity contribution is 6.29. The number of rotatable bonds is 7. The van der Waals surface area contributed by atoms with Crippen molar-refractivity contribution in [3.05, 3.63) is 41.6 Å². The van der Waals surface area contributed by atoms with Gasteiger partial charge in [-0.1, -0.05) is 68.1 Å². The van der Waals surface area contributed by atoms with Crippen molar-refractivity contribution in [2.45, 2.75) is 32.6 Å². The molecule has 0 bridgehead atoms. The third kappa shape index (κ3) is 4.49. The van der Waals surface area contributed by atoms with E-state index < -0.39 is 0 Å². The summed E-state index contributed by atoms with van der Waals surface area (Å²) in [7, 11) is 0. The summed E-state index contributed by atoms with van der Waals surface area (Å²) in [6.07, 6.45) is 4.87. The van der Waals surface area contributed by atoms with E-state index in [0.29, 0.717) is 11.1 Å². The van der Waals surface area contributed by atoms with E-state index in [1.807, 2.05) is 30.3 Å². The molecule has 4 heteroatoms. The first-order chi connectivity index (χ1) is 9.79. The van der Waals surface area contributed by atoms with Crippen LogP contribution >= 0.6 is 11.6 Å². The minimum atomic E-state index is 0.468. The van der Waals surface area contributed by atoms with Gasteiger partial charge in [0, 0.05) is 18.2 Å². The van der Waals surface area contributed by atoms with E-state index in [-0.39, 0.29) is 0 Å². The fourth-order valence-electron chi connectivity index (χ4n) is 2.01. The summed E-state index contributed by atoms with van der Waals surface area (Å²) in [5, 5.41) is 3.72. The van der Waals surface area contributed by atoms with Crippen molar-refractivity contribution >= 4 is 17.5 Å². The zero-order chi connectivity index (χ0) is 14.2. The Morgan fingerprint density at radius 3 is 2.60 bits per heavy atom. The van der Waals surface area contributed by atoms with Crippen molar-refractivity contribution in [1.82, 2.24) is 9.97 Å². The molecule has 1 aromatic heterocycles. The lowest BCUT2D eigenvalue weighted by molar-refractivity contribution is 0.683. The number of anilines is 1. The first-order valence-corrected chi connectivity index (χ1v) is 7.51. The van der Waals surface area contributed by atoms with Crippen molar-refractivity contribution in [3.8, 4) is 11.3 Å². The third-order valence-electron chi connectivity index (χ3n) is 3.08. The Labute approximate surface area is 125 Å². The maximum Gasteiger partial charge on any atom is 0.224 e. The second-order valence-electron chi connectivity index (χ2n) is 4.75. The average molecular weight is 290 g/mol. The van der Waals surface area contributed by atoms with Crippen LogP contribution in [-0.2, 0) is 0 Å². The molecule has 0 radical (unpaired) electrons. The Kier molecular flexibility index (Phi) is 5.81. The molecule has 0 spiro atoms. The lowest BCUT2D eigenvalue weighted by Crippen LogP contribution is -2.06. The lowest BCUT2D eigenvalue weighted by atomic mass is 10.1. The zero-order valence-electron chi connectivity index (χ0n) is 11.8. The molecule has 20 heavy (non-hydrogen) atoms. The number of hydrogen-bond donors (Lipinski definition) is 1. The number of halogens is 1. The molecule has 0 unspecified atom stereocenters. The largest absolute Gasteiger partial charge is 0.354 e. The molecule has 2 rings (SSSR count). The Hall–Kier alpha value is -1.61. The number of nitrogens with zero attached hydrogens (tertiary/aromatic N) is 2. The maximum absolute atomic E-state index is 6.07. The van der Waals surface area contributed by atoms with Gasteiger partial charge < -0.3 is 5.32 Å². The highest BCUT2D eigenvalue weighted by Gasteiger charge is 2.04. The van der Waals surface area contributed by atoms with Crippen molar-refractivity contribution in [3.63, 3.8) is 0 Å². The summed E-state index contributed by atoms with van der Waals surface area (Å²) in [4.78, 5) is 8.74. The predicted molar refractivity (Wildman–Crippen MR) is 85.1 cm³/mol. The summed E-state index contributed by atoms with van der Waals surface area (Å²) in [5.74, 6) is 0.604. The maximum atomic E-state index is 6.07. The summed E-state index contributed by atoms with van der Waals surface area (Å²) in [5.41, 5.74) is 1.90. The van der Waals surface area contributed by atoms with Gasteiger partial charge in [0.2, 0.25) is 5.95 Å². The van der Waals surface area contributed by atoms with Crippen LogP contribution in [0.5, 0.6) is 0 Å². The molecule has 3 nitrogen and oxygen atoms in total. The Bertz CT molecular complexity index is 529. The second kappa shape index (κ2) is 7.85. The summed E-state index contributed by atoms with van der Waals surface area (Å²) >= 11 is 6.07. The van der Waals surface area contributed by atoms with Crippen LogP contribution in [0.25, 0.3) is 11.3 Å². The fourth-order valence-corrected chi connectivity index (χ4v) is 2.19. The fraction of sp³-hybridized carbons (Fsp3) is 0.375. The summed E-state index contributed by atoms with van der Waals surface area (Å²) < 4.78 is 0. The first kappa shape index (κ1) is 14.8. The van der Waals surface area contributed by atoms with E-state index in [4.69, 9.17) is 11.6 Å². The van der Waals surface area contributed by atoms with Crippen molar-refractivity contribution in [1.29, 1.82) is 0 Å². The first-order valence-electron chi connectivity index (χ1n) is 7.13. The molecule has 1 heterocycles. The van der Waals surface area contributed by atoms with Crippen LogP contribution in [0.2, 0.25) is 5.15 Å². The van der Waals surface area contributed by atoms with Crippen molar-refractivity contribution < 1.29 is 0 Å². The van der Waals surface area contributed by atoms with E-state index in [1.165, 1.54) is 19.3 Å². The van der Waals surface area contributed by atoms with Crippen LogP contribution in [0.3, 0.4) is 0 Å². The molecule has 0 amide bonds. The summed E-state index contributed by atoms with van der Waals surface area (Å²) in [6, 6.07) is 11.8. The molecule has 0 saturated carbocycles. The highest BCUT2D eigenvalue weighted by atomic mass is 35.5. The molecule has 0 aliphatic heterocycles. The Morgan fingerprint density at radius 1 is 1.05 bits per heavy atom. The van der Waals surface area contributed by atoms with E-state index >= 15 is 0 Å². The number of aromatic nitrogens is 2. The molecule has 2 aromatic rings. The van der Waals surface area contributed by atoms with Crippen LogP contribution < -0.4 is 5.32 Å². The molecule has 106 valence electrons. The normalized spacial score (nSPS) is 10.5. The predicted octanol–water partition coefficient (Wildman–Crippen LogP) is 4.79. The van der Waals surface area contributed by atoms with Crippen molar-refractivity contribution in [2.75, 3.05) is 11.9 Å². The van der Waals surface area contributed by atoms with Gasteiger partial charge in [0.1, 0.15) is 5.15 Å². The zero-order valence-corrected chi connectivity index (χ0v) is 12.5. The third-order valence-corrected chi connectivity index (χ3v) is 3.27. The number of nitrogens with one attached hydrogen (secondary N) is 1. The highest BCUT2D eigenvalue weighted by Crippen LogP contribution is 2.21. The average Bonchev–Trinajstić information content (AvgIpc) is 2.47. The lowest BCUT2D eigenvalue weighted by Gasteiger charge is -2.07. The summed E-state index contributed by atoms with van der Waals surface area (Å²) in [6.45, 7) is 3.09. The molecule has 1 aromatic carbocycles. The van der Waals surface area contributed by atoms with Gasteiger partial charge in [0.25, 0.3) is 0 Å². The van der Waals surface area contributed by atoms with E-state index in [2.05, 4.69) is 22.2 Å². The van der Waals surface area contributed by atoms with Gasteiger partial charge in [-0.3, -0.25) is 0 Å². The Balaban J connectivity index is 2.02. The minimum Gasteiger partial charge on any atom is -0.354 e. The second-order valence-corrected chi connectivity index (χ2v) is 5.14. The standard InChI is InChI=1S/C16H20ClN3/c1-2-3-4-8-11-18-16-19-14(12-15(17)20-16)13-9-6-5-7-10-13/h5-7,9-10,12H,2-4,8,11H2,1H3,(H,18,19,20). The van der Waals surface area contributed by atoms with E-state index in [9.17, 15) is 0 Å². The van der Waals surface area contributed by atoms with Crippen LogP contribution in [0.15, 0.2) is 36.4 Å². The number of benzene rings is 1. The molecular weight excluding hydrogens is 270 g/mol. The monoisotopic (exact) mass is 289 g/mol. The Morgan fingerprint density at radius 2 is 1.85 bits per heavy atom. The van der Waals surface area contributed by atoms with Gasteiger partial charge in [0.15, 0.2) is 0 Å². The molecule has 0 atom stereocenters. The van der Waals surface area contributed by atoms with Crippen LogP contribution in [-0.4, -0.2) is 16.5 Å². The van der Waals surface area contributed by atoms with Gasteiger partial charge in [0.05, 0.1) is 5.69 Å². The number of hydrogen-bond acceptors (Lipinski definition) is 3. The topological polar surface area (TPSA) is 37.8 Å². The molecule has 0 saturated heterocycles. The van der Waals surface area contributed by atoms with Gasteiger partial charge >= 0.3 is 0 Å². The minimum absolute atomic E-state index is 0.468.